The molecule has 1 aromatic heterocycles. The van der Waals surface area contributed by atoms with Gasteiger partial charge in [0.25, 0.3) is 0 Å². The molecule has 0 radical (unpaired) electrons. The SMILES string of the molecule is COCCc1noc(CN2C(=O)NC(c3ccccc3OC)C3=C2COC3=O)n1. The van der Waals surface area contributed by atoms with Gasteiger partial charge in [0.2, 0.25) is 5.89 Å². The average molecular weight is 400 g/mol. The predicted molar refractivity (Wildman–Crippen MR) is 97.7 cm³/mol. The minimum Gasteiger partial charge on any atom is -0.496 e. The lowest BCUT2D eigenvalue weighted by Crippen LogP contribution is -2.47. The van der Waals surface area contributed by atoms with Crippen LogP contribution in [0.3, 0.4) is 0 Å². The maximum atomic E-state index is 12.9. The molecule has 3 heterocycles. The van der Waals surface area contributed by atoms with Crippen molar-refractivity contribution < 1.29 is 28.3 Å². The van der Waals surface area contributed by atoms with Crippen molar-refractivity contribution in [3.8, 4) is 5.75 Å². The summed E-state index contributed by atoms with van der Waals surface area (Å²) in [6.45, 7) is 0.485. The Morgan fingerprint density at radius 1 is 1.28 bits per heavy atom. The molecule has 4 rings (SSSR count). The van der Waals surface area contributed by atoms with Crippen molar-refractivity contribution in [2.75, 3.05) is 27.4 Å². The van der Waals surface area contributed by atoms with Crippen molar-refractivity contribution >= 4 is 12.0 Å². The number of esters is 1. The Morgan fingerprint density at radius 3 is 2.90 bits per heavy atom. The molecule has 0 saturated heterocycles. The number of cyclic esters (lactones) is 1. The van der Waals surface area contributed by atoms with E-state index in [0.717, 1.165) is 0 Å². The number of carbonyl (C=O) groups is 2. The summed E-state index contributed by atoms with van der Waals surface area (Å²) in [5.74, 6) is 0.831. The third kappa shape index (κ3) is 3.54. The topological polar surface area (TPSA) is 116 Å². The molecule has 29 heavy (non-hydrogen) atoms. The first-order chi connectivity index (χ1) is 14.1. The van der Waals surface area contributed by atoms with E-state index in [2.05, 4.69) is 15.5 Å². The Kier molecular flexibility index (Phi) is 5.17. The van der Waals surface area contributed by atoms with Crippen molar-refractivity contribution in [3.63, 3.8) is 0 Å². The summed E-state index contributed by atoms with van der Waals surface area (Å²) in [5.41, 5.74) is 1.52. The highest BCUT2D eigenvalue weighted by Gasteiger charge is 2.43. The van der Waals surface area contributed by atoms with E-state index in [0.29, 0.717) is 41.4 Å². The van der Waals surface area contributed by atoms with Crippen LogP contribution in [0.15, 0.2) is 40.1 Å². The van der Waals surface area contributed by atoms with E-state index in [-0.39, 0.29) is 19.0 Å². The largest absolute Gasteiger partial charge is 0.496 e. The summed E-state index contributed by atoms with van der Waals surface area (Å²) in [7, 11) is 3.12. The predicted octanol–water partition coefficient (Wildman–Crippen LogP) is 1.34. The van der Waals surface area contributed by atoms with E-state index in [1.165, 1.54) is 12.0 Å². The van der Waals surface area contributed by atoms with Crippen LogP contribution in [0.1, 0.15) is 23.3 Å². The first-order valence-electron chi connectivity index (χ1n) is 9.04. The number of aromatic nitrogens is 2. The maximum absolute atomic E-state index is 12.9. The Hall–Kier alpha value is -3.40. The van der Waals surface area contributed by atoms with Crippen LogP contribution < -0.4 is 10.1 Å². The second-order valence-corrected chi connectivity index (χ2v) is 6.49. The molecular weight excluding hydrogens is 380 g/mol. The van der Waals surface area contributed by atoms with Crippen molar-refractivity contribution in [1.82, 2.24) is 20.4 Å². The van der Waals surface area contributed by atoms with E-state index >= 15 is 0 Å². The smallest absolute Gasteiger partial charge is 0.338 e. The number of nitrogens with one attached hydrogen (secondary N) is 1. The molecule has 2 aromatic rings. The number of hydrogen-bond acceptors (Lipinski definition) is 8. The van der Waals surface area contributed by atoms with Gasteiger partial charge in [-0.3, -0.25) is 4.90 Å². The van der Waals surface area contributed by atoms with Crippen molar-refractivity contribution in [2.24, 2.45) is 0 Å². The van der Waals surface area contributed by atoms with Crippen LogP contribution in [0.5, 0.6) is 5.75 Å². The number of methoxy groups -OCH3 is 2. The molecule has 0 bridgehead atoms. The van der Waals surface area contributed by atoms with E-state index in [1.807, 2.05) is 12.1 Å². The summed E-state index contributed by atoms with van der Waals surface area (Å²) >= 11 is 0. The minimum absolute atomic E-state index is 0.00208. The summed E-state index contributed by atoms with van der Waals surface area (Å²) in [6.07, 6.45) is 0.498. The van der Waals surface area contributed by atoms with Crippen molar-refractivity contribution in [3.05, 3.63) is 52.8 Å². The van der Waals surface area contributed by atoms with Gasteiger partial charge in [0.15, 0.2) is 5.82 Å². The first-order valence-corrected chi connectivity index (χ1v) is 9.04. The second kappa shape index (κ2) is 7.92. The number of nitrogens with zero attached hydrogens (tertiary/aromatic N) is 3. The first kappa shape index (κ1) is 18.9. The van der Waals surface area contributed by atoms with Crippen LogP contribution in [0.25, 0.3) is 0 Å². The highest BCUT2D eigenvalue weighted by molar-refractivity contribution is 5.97. The van der Waals surface area contributed by atoms with Crippen LogP contribution in [0, 0.1) is 0 Å². The molecule has 0 aliphatic carbocycles. The fourth-order valence-electron chi connectivity index (χ4n) is 3.40. The third-order valence-corrected chi connectivity index (χ3v) is 4.78. The molecule has 1 aromatic carbocycles. The Bertz CT molecular complexity index is 969. The lowest BCUT2D eigenvalue weighted by atomic mass is 9.95. The van der Waals surface area contributed by atoms with Crippen LogP contribution in [0.4, 0.5) is 4.79 Å². The van der Waals surface area contributed by atoms with E-state index < -0.39 is 18.0 Å². The molecule has 10 nitrogen and oxygen atoms in total. The van der Waals surface area contributed by atoms with Gasteiger partial charge in [-0.25, -0.2) is 9.59 Å². The third-order valence-electron chi connectivity index (χ3n) is 4.78. The maximum Gasteiger partial charge on any atom is 0.338 e. The number of ether oxygens (including phenoxy) is 3. The fourth-order valence-corrected chi connectivity index (χ4v) is 3.40. The van der Waals surface area contributed by atoms with Crippen LogP contribution in [0.2, 0.25) is 0 Å². The number of benzene rings is 1. The molecule has 0 saturated carbocycles. The van der Waals surface area contributed by atoms with Gasteiger partial charge in [0.1, 0.15) is 18.9 Å². The molecular formula is C19H20N4O6. The molecule has 2 aliphatic heterocycles. The quantitative estimate of drug-likeness (QED) is 0.693. The average Bonchev–Trinajstić information content (AvgIpc) is 3.35. The number of para-hydroxylation sites is 1. The summed E-state index contributed by atoms with van der Waals surface area (Å²) in [6, 6.07) is 6.15. The number of urea groups is 1. The molecule has 1 unspecified atom stereocenters. The standard InChI is InChI=1S/C19H20N4O6/c1-26-8-7-14-20-15(29-22-14)9-23-12-10-28-18(24)16(12)17(21-19(23)25)11-5-3-4-6-13(11)27-2/h3-6,17H,7-10H2,1-2H3,(H,21,25). The number of carbonyl (C=O) groups excluding carboxylic acids is 2. The molecule has 2 amide bonds. The number of amides is 2. The van der Waals surface area contributed by atoms with Gasteiger partial charge in [-0.2, -0.15) is 4.98 Å². The molecule has 152 valence electrons. The van der Waals surface area contributed by atoms with Crippen LogP contribution in [-0.4, -0.2) is 54.5 Å². The highest BCUT2D eigenvalue weighted by atomic mass is 16.5. The van der Waals surface area contributed by atoms with Gasteiger partial charge in [0, 0.05) is 19.1 Å². The zero-order valence-electron chi connectivity index (χ0n) is 16.0. The van der Waals surface area contributed by atoms with Gasteiger partial charge in [-0.1, -0.05) is 23.4 Å². The zero-order chi connectivity index (χ0) is 20.4. The summed E-state index contributed by atoms with van der Waals surface area (Å²) in [4.78, 5) is 31.0. The number of rotatable bonds is 7. The van der Waals surface area contributed by atoms with Gasteiger partial charge in [-0.15, -0.1) is 0 Å². The van der Waals surface area contributed by atoms with E-state index in [9.17, 15) is 9.59 Å². The molecule has 10 heteroatoms. The minimum atomic E-state index is -0.667. The Morgan fingerprint density at radius 2 is 2.10 bits per heavy atom. The summed E-state index contributed by atoms with van der Waals surface area (Å²) in [5, 5.41) is 6.73. The molecule has 2 aliphatic rings. The molecule has 0 fully saturated rings. The summed E-state index contributed by atoms with van der Waals surface area (Å²) < 4.78 is 20.8. The van der Waals surface area contributed by atoms with Gasteiger partial charge in [0.05, 0.1) is 31.0 Å². The van der Waals surface area contributed by atoms with Gasteiger partial charge in [-0.05, 0) is 6.07 Å². The Labute approximate surface area is 166 Å². The normalized spacial score (nSPS) is 18.6. The van der Waals surface area contributed by atoms with Crippen LogP contribution >= 0.6 is 0 Å². The number of hydrogen-bond donors (Lipinski definition) is 1. The van der Waals surface area contributed by atoms with Gasteiger partial charge < -0.3 is 24.1 Å². The van der Waals surface area contributed by atoms with Crippen LogP contribution in [-0.2, 0) is 27.2 Å². The monoisotopic (exact) mass is 400 g/mol. The van der Waals surface area contributed by atoms with E-state index in [1.54, 1.807) is 19.2 Å². The zero-order valence-corrected chi connectivity index (χ0v) is 16.0. The second-order valence-electron chi connectivity index (χ2n) is 6.49. The lowest BCUT2D eigenvalue weighted by Gasteiger charge is -2.32. The fraction of sp³-hybridized carbons (Fsp3) is 0.368. The highest BCUT2D eigenvalue weighted by Crippen LogP contribution is 2.38. The lowest BCUT2D eigenvalue weighted by molar-refractivity contribution is -0.136. The molecule has 0 spiro atoms. The van der Waals surface area contributed by atoms with Crippen molar-refractivity contribution in [2.45, 2.75) is 19.0 Å². The molecule has 1 atom stereocenters. The van der Waals surface area contributed by atoms with Gasteiger partial charge >= 0.3 is 12.0 Å². The Balaban J connectivity index is 1.65. The van der Waals surface area contributed by atoms with Crippen molar-refractivity contribution in [1.29, 1.82) is 0 Å². The van der Waals surface area contributed by atoms with E-state index in [4.69, 9.17) is 18.7 Å². The molecule has 1 N–H and O–H groups in total.